The molecule has 88 valence electrons. The number of hydrogen-bond acceptors (Lipinski definition) is 2. The van der Waals surface area contributed by atoms with Crippen LogP contribution >= 0.6 is 0 Å². The van der Waals surface area contributed by atoms with E-state index in [1.807, 2.05) is 50.6 Å². The number of aromatic nitrogens is 1. The zero-order valence-corrected chi connectivity index (χ0v) is 10.5. The van der Waals surface area contributed by atoms with Gasteiger partial charge < -0.3 is 4.74 Å². The molecule has 0 aliphatic heterocycles. The summed E-state index contributed by atoms with van der Waals surface area (Å²) in [6, 6.07) is 3.86. The third kappa shape index (κ3) is 2.81. The number of pyridine rings is 1. The highest BCUT2D eigenvalue weighted by Gasteiger charge is 2.28. The number of nitrogens with zero attached hydrogens (tertiary/aromatic N) is 1. The Morgan fingerprint density at radius 2 is 2.06 bits per heavy atom. The van der Waals surface area contributed by atoms with Gasteiger partial charge in [0.15, 0.2) is 11.9 Å². The zero-order valence-electron chi connectivity index (χ0n) is 10.5. The van der Waals surface area contributed by atoms with E-state index >= 15 is 0 Å². The van der Waals surface area contributed by atoms with Gasteiger partial charge in [-0.15, -0.1) is 0 Å². The Labute approximate surface area is 97.1 Å². The minimum Gasteiger partial charge on any atom is -0.461 e. The quantitative estimate of drug-likeness (QED) is 0.577. The number of aryl methyl sites for hydroxylation is 2. The molecule has 0 fully saturated rings. The lowest BCUT2D eigenvalue weighted by molar-refractivity contribution is -0.717. The molecule has 1 rings (SSSR count). The second kappa shape index (κ2) is 5.64. The van der Waals surface area contributed by atoms with E-state index in [0.29, 0.717) is 6.61 Å². The Kier molecular flexibility index (Phi) is 4.47. The topological polar surface area (TPSA) is 30.2 Å². The van der Waals surface area contributed by atoms with E-state index in [9.17, 15) is 4.79 Å². The van der Waals surface area contributed by atoms with Crippen LogP contribution in [-0.2, 0) is 9.53 Å². The molecule has 0 bridgehead atoms. The first kappa shape index (κ1) is 12.7. The van der Waals surface area contributed by atoms with Crippen molar-refractivity contribution in [2.24, 2.45) is 0 Å². The molecule has 0 radical (unpaired) electrons. The molecule has 0 aliphatic rings. The summed E-state index contributed by atoms with van der Waals surface area (Å²) in [5.41, 5.74) is 2.22. The summed E-state index contributed by atoms with van der Waals surface area (Å²) in [7, 11) is 0. The van der Waals surface area contributed by atoms with Crippen molar-refractivity contribution in [2.75, 3.05) is 6.61 Å². The Morgan fingerprint density at radius 3 is 2.62 bits per heavy atom. The van der Waals surface area contributed by atoms with Crippen molar-refractivity contribution < 1.29 is 14.1 Å². The van der Waals surface area contributed by atoms with Gasteiger partial charge in [-0.05, 0) is 19.9 Å². The van der Waals surface area contributed by atoms with Crippen molar-refractivity contribution in [3.8, 4) is 0 Å². The fourth-order valence-corrected chi connectivity index (χ4v) is 1.75. The maximum Gasteiger partial charge on any atom is 0.375 e. The molecule has 0 saturated carbocycles. The van der Waals surface area contributed by atoms with Crippen molar-refractivity contribution in [1.29, 1.82) is 0 Å². The van der Waals surface area contributed by atoms with Crippen LogP contribution in [0.15, 0.2) is 18.3 Å². The number of carbonyl (C=O) groups excluding carboxylic acids is 1. The fourth-order valence-electron chi connectivity index (χ4n) is 1.75. The second-order valence-corrected chi connectivity index (χ2v) is 3.93. The predicted molar refractivity (Wildman–Crippen MR) is 62.1 cm³/mol. The Balaban J connectivity index is 3.03. The predicted octanol–water partition coefficient (Wildman–Crippen LogP) is 2.11. The highest BCUT2D eigenvalue weighted by Crippen LogP contribution is 2.08. The summed E-state index contributed by atoms with van der Waals surface area (Å²) in [5, 5.41) is 0. The van der Waals surface area contributed by atoms with Crippen LogP contribution in [0.4, 0.5) is 0 Å². The number of esters is 1. The highest BCUT2D eigenvalue weighted by atomic mass is 16.5. The zero-order chi connectivity index (χ0) is 12.1. The normalized spacial score (nSPS) is 12.2. The summed E-state index contributed by atoms with van der Waals surface area (Å²) in [6.07, 6.45) is 2.74. The van der Waals surface area contributed by atoms with Crippen molar-refractivity contribution in [3.63, 3.8) is 0 Å². The van der Waals surface area contributed by atoms with E-state index in [1.165, 1.54) is 0 Å². The van der Waals surface area contributed by atoms with Crippen LogP contribution in [0.1, 0.15) is 37.6 Å². The fraction of sp³-hybridized carbons (Fsp3) is 0.538. The van der Waals surface area contributed by atoms with E-state index in [1.54, 1.807) is 0 Å². The van der Waals surface area contributed by atoms with E-state index in [4.69, 9.17) is 4.74 Å². The van der Waals surface area contributed by atoms with E-state index in [2.05, 4.69) is 0 Å². The van der Waals surface area contributed by atoms with Gasteiger partial charge in [-0.1, -0.05) is 6.92 Å². The first-order chi connectivity index (χ1) is 7.60. The van der Waals surface area contributed by atoms with Gasteiger partial charge in [0.2, 0.25) is 0 Å². The minimum absolute atomic E-state index is 0.149. The summed E-state index contributed by atoms with van der Waals surface area (Å²) in [6.45, 7) is 8.28. The van der Waals surface area contributed by atoms with Gasteiger partial charge in [0.1, 0.15) is 0 Å². The van der Waals surface area contributed by atoms with Gasteiger partial charge in [-0.3, -0.25) is 0 Å². The molecule has 0 spiro atoms. The first-order valence-electron chi connectivity index (χ1n) is 5.75. The Bertz CT molecular complexity index is 374. The molecule has 0 saturated heterocycles. The Hall–Kier alpha value is -1.38. The van der Waals surface area contributed by atoms with Crippen LogP contribution in [0, 0.1) is 13.8 Å². The summed E-state index contributed by atoms with van der Waals surface area (Å²) in [4.78, 5) is 11.8. The van der Waals surface area contributed by atoms with Gasteiger partial charge in [-0.25, -0.2) is 4.79 Å². The first-order valence-corrected chi connectivity index (χ1v) is 5.75. The summed E-state index contributed by atoms with van der Waals surface area (Å²) >= 11 is 0. The van der Waals surface area contributed by atoms with Crippen molar-refractivity contribution >= 4 is 5.97 Å². The van der Waals surface area contributed by atoms with Gasteiger partial charge >= 0.3 is 5.97 Å². The molecule has 1 heterocycles. The molecular weight excluding hydrogens is 202 g/mol. The summed E-state index contributed by atoms with van der Waals surface area (Å²) < 4.78 is 7.08. The highest BCUT2D eigenvalue weighted by molar-refractivity contribution is 5.72. The number of rotatable bonds is 4. The third-order valence-corrected chi connectivity index (χ3v) is 2.62. The maximum absolute atomic E-state index is 11.8. The van der Waals surface area contributed by atoms with Gasteiger partial charge in [0.05, 0.1) is 6.61 Å². The smallest absolute Gasteiger partial charge is 0.375 e. The summed E-state index contributed by atoms with van der Waals surface area (Å²) in [5.74, 6) is -0.149. The molecule has 1 aromatic rings. The SMILES string of the molecule is CCOC(=O)C(CC)[n+]1cc(C)ccc1C. The lowest BCUT2D eigenvalue weighted by atomic mass is 10.2. The molecule has 3 nitrogen and oxygen atoms in total. The van der Waals surface area contributed by atoms with Crippen molar-refractivity contribution in [3.05, 3.63) is 29.6 Å². The van der Waals surface area contributed by atoms with Crippen molar-refractivity contribution in [1.82, 2.24) is 0 Å². The number of ether oxygens (including phenoxy) is 1. The van der Waals surface area contributed by atoms with Crippen LogP contribution in [0.3, 0.4) is 0 Å². The molecular formula is C13H20NO2+. The van der Waals surface area contributed by atoms with E-state index in [0.717, 1.165) is 17.7 Å². The van der Waals surface area contributed by atoms with Crippen molar-refractivity contribution in [2.45, 2.75) is 40.2 Å². The van der Waals surface area contributed by atoms with Gasteiger partial charge in [0.25, 0.3) is 6.04 Å². The maximum atomic E-state index is 11.8. The van der Waals surface area contributed by atoms with Gasteiger partial charge in [0, 0.05) is 25.0 Å². The molecule has 1 unspecified atom stereocenters. The van der Waals surface area contributed by atoms with E-state index < -0.39 is 0 Å². The molecule has 3 heteroatoms. The average Bonchev–Trinajstić information content (AvgIpc) is 2.24. The molecule has 1 aromatic heterocycles. The Morgan fingerprint density at radius 1 is 1.38 bits per heavy atom. The largest absolute Gasteiger partial charge is 0.461 e. The monoisotopic (exact) mass is 222 g/mol. The minimum atomic E-state index is -0.208. The third-order valence-electron chi connectivity index (χ3n) is 2.62. The van der Waals surface area contributed by atoms with Crippen LogP contribution in [0.5, 0.6) is 0 Å². The van der Waals surface area contributed by atoms with Crippen LogP contribution < -0.4 is 4.57 Å². The lowest BCUT2D eigenvalue weighted by Crippen LogP contribution is -2.46. The molecule has 0 aliphatic carbocycles. The molecule has 1 atom stereocenters. The second-order valence-electron chi connectivity index (χ2n) is 3.93. The number of carbonyl (C=O) groups is 1. The van der Waals surface area contributed by atoms with Crippen LogP contribution in [0.2, 0.25) is 0 Å². The molecule has 0 aromatic carbocycles. The molecule has 0 N–H and O–H groups in total. The van der Waals surface area contributed by atoms with Crippen LogP contribution in [0.25, 0.3) is 0 Å². The number of hydrogen-bond donors (Lipinski definition) is 0. The molecule has 16 heavy (non-hydrogen) atoms. The molecule has 0 amide bonds. The average molecular weight is 222 g/mol. The van der Waals surface area contributed by atoms with Gasteiger partial charge in [-0.2, -0.15) is 4.57 Å². The van der Waals surface area contributed by atoms with Crippen LogP contribution in [-0.4, -0.2) is 12.6 Å². The standard InChI is InChI=1S/C13H20NO2/c1-5-12(13(15)16-6-2)14-9-10(3)7-8-11(14)4/h7-9,12H,5-6H2,1-4H3/q+1. The van der Waals surface area contributed by atoms with E-state index in [-0.39, 0.29) is 12.0 Å². The lowest BCUT2D eigenvalue weighted by Gasteiger charge is -2.11.